The molecule has 2 unspecified atom stereocenters. The molecule has 2 aromatic rings. The van der Waals surface area contributed by atoms with E-state index in [9.17, 15) is 27.6 Å². The van der Waals surface area contributed by atoms with E-state index in [2.05, 4.69) is 15.0 Å². The molecule has 1 aliphatic heterocycles. The Hall–Kier alpha value is -3.63. The van der Waals surface area contributed by atoms with Gasteiger partial charge in [-0.25, -0.2) is 14.7 Å². The molecule has 4 rings (SSSR count). The van der Waals surface area contributed by atoms with Crippen LogP contribution in [0.5, 0.6) is 5.75 Å². The number of imide groups is 1. The van der Waals surface area contributed by atoms with Crippen molar-refractivity contribution in [2.45, 2.75) is 32.2 Å². The maximum Gasteiger partial charge on any atom is 0.573 e. The largest absolute Gasteiger partial charge is 0.573 e. The van der Waals surface area contributed by atoms with Crippen LogP contribution in [0, 0.1) is 5.92 Å². The second-order valence-corrected chi connectivity index (χ2v) is 7.41. The Morgan fingerprint density at radius 2 is 1.84 bits per heavy atom. The van der Waals surface area contributed by atoms with Crippen LogP contribution in [0.4, 0.5) is 35.2 Å². The van der Waals surface area contributed by atoms with E-state index in [4.69, 9.17) is 0 Å². The van der Waals surface area contributed by atoms with Gasteiger partial charge in [-0.15, -0.1) is 13.2 Å². The maximum atomic E-state index is 13.3. The van der Waals surface area contributed by atoms with E-state index in [1.54, 1.807) is 6.07 Å². The highest BCUT2D eigenvalue weighted by molar-refractivity contribution is 6.32. The van der Waals surface area contributed by atoms with Crippen molar-refractivity contribution in [3.05, 3.63) is 42.6 Å². The molecule has 31 heavy (non-hydrogen) atoms. The smallest absolute Gasteiger partial charge is 0.406 e. The normalized spacial score (nSPS) is 22.8. The molecule has 2 heterocycles. The van der Waals surface area contributed by atoms with Crippen molar-refractivity contribution >= 4 is 35.0 Å². The van der Waals surface area contributed by atoms with Crippen molar-refractivity contribution < 1.29 is 32.3 Å². The lowest BCUT2D eigenvalue weighted by atomic mass is 10.1. The minimum atomic E-state index is -4.85. The predicted molar refractivity (Wildman–Crippen MR) is 104 cm³/mol. The average Bonchev–Trinajstić information content (AvgIpc) is 3.27. The molecule has 4 amide bonds. The molecule has 2 atom stereocenters. The minimum absolute atomic E-state index is 0.126. The number of amides is 4. The molecule has 1 aliphatic carbocycles. The zero-order chi connectivity index (χ0) is 22.6. The number of nitrogens with zero attached hydrogens (tertiary/aromatic N) is 3. The molecule has 162 valence electrons. The summed E-state index contributed by atoms with van der Waals surface area (Å²) in [5.41, 5.74) is -0.588. The van der Waals surface area contributed by atoms with Crippen molar-refractivity contribution in [3.8, 4) is 5.75 Å². The molecule has 1 aromatic heterocycles. The molecular formula is C20H17F3N4O4. The fraction of sp³-hybridized carbons (Fsp3) is 0.300. The van der Waals surface area contributed by atoms with Gasteiger partial charge in [-0.2, -0.15) is 0 Å². The quantitative estimate of drug-likeness (QED) is 0.741. The van der Waals surface area contributed by atoms with Crippen LogP contribution in [0.2, 0.25) is 0 Å². The SMILES string of the molecule is CC(=O)Nc1cc(N2C(=O)N(c3ccc(OC(F)(F)F)cc3)C(=O)C23CC3C)ccn1. The second kappa shape index (κ2) is 6.96. The van der Waals surface area contributed by atoms with Crippen molar-refractivity contribution in [1.82, 2.24) is 4.98 Å². The number of anilines is 3. The summed E-state index contributed by atoms with van der Waals surface area (Å²) >= 11 is 0. The van der Waals surface area contributed by atoms with Crippen molar-refractivity contribution in [2.75, 3.05) is 15.1 Å². The number of hydrogen-bond donors (Lipinski definition) is 1. The van der Waals surface area contributed by atoms with E-state index in [1.165, 1.54) is 36.2 Å². The number of halogens is 3. The summed E-state index contributed by atoms with van der Waals surface area (Å²) in [5, 5.41) is 2.53. The Labute approximate surface area is 174 Å². The first-order valence-electron chi connectivity index (χ1n) is 9.31. The van der Waals surface area contributed by atoms with Crippen LogP contribution >= 0.6 is 0 Å². The average molecular weight is 434 g/mol. The summed E-state index contributed by atoms with van der Waals surface area (Å²) in [6.07, 6.45) is -3.01. The molecule has 1 N–H and O–H groups in total. The Morgan fingerprint density at radius 1 is 1.19 bits per heavy atom. The van der Waals surface area contributed by atoms with Crippen LogP contribution in [-0.2, 0) is 9.59 Å². The first-order valence-corrected chi connectivity index (χ1v) is 9.31. The molecule has 1 saturated heterocycles. The van der Waals surface area contributed by atoms with E-state index >= 15 is 0 Å². The highest BCUT2D eigenvalue weighted by Crippen LogP contribution is 2.55. The van der Waals surface area contributed by atoms with Crippen molar-refractivity contribution in [2.24, 2.45) is 5.92 Å². The van der Waals surface area contributed by atoms with Crippen LogP contribution in [0.15, 0.2) is 42.6 Å². The minimum Gasteiger partial charge on any atom is -0.406 e. The van der Waals surface area contributed by atoms with Gasteiger partial charge in [0.05, 0.1) is 11.4 Å². The molecule has 2 aliphatic rings. The zero-order valence-electron chi connectivity index (χ0n) is 16.4. The van der Waals surface area contributed by atoms with Gasteiger partial charge in [0.15, 0.2) is 0 Å². The van der Waals surface area contributed by atoms with Crippen LogP contribution in [0.25, 0.3) is 0 Å². The summed E-state index contributed by atoms with van der Waals surface area (Å²) in [4.78, 5) is 44.2. The standard InChI is InChI=1S/C20H17F3N4O4/c1-11-10-19(11)17(29)26(13-3-5-15(6-4-13)31-20(21,22)23)18(30)27(19)14-7-8-24-16(9-14)25-12(2)28/h3-9,11H,10H2,1-2H3,(H,24,25,28). The van der Waals surface area contributed by atoms with E-state index in [1.807, 2.05) is 6.92 Å². The molecule has 1 aromatic carbocycles. The number of rotatable bonds is 4. The summed E-state index contributed by atoms with van der Waals surface area (Å²) in [6.45, 7) is 3.15. The van der Waals surface area contributed by atoms with E-state index in [0.717, 1.165) is 17.0 Å². The summed E-state index contributed by atoms with van der Waals surface area (Å²) < 4.78 is 41.0. The van der Waals surface area contributed by atoms with Gasteiger partial charge in [-0.1, -0.05) is 6.92 Å². The number of carbonyl (C=O) groups is 3. The lowest BCUT2D eigenvalue weighted by molar-refractivity contribution is -0.274. The number of alkyl halides is 3. The number of carbonyl (C=O) groups excluding carboxylic acids is 3. The number of nitrogens with one attached hydrogen (secondary N) is 1. The van der Waals surface area contributed by atoms with Gasteiger partial charge in [0.2, 0.25) is 5.91 Å². The number of benzene rings is 1. The van der Waals surface area contributed by atoms with Crippen LogP contribution in [-0.4, -0.2) is 34.7 Å². The Balaban J connectivity index is 1.68. The second-order valence-electron chi connectivity index (χ2n) is 7.41. The predicted octanol–water partition coefficient (Wildman–Crippen LogP) is 3.69. The van der Waals surface area contributed by atoms with Gasteiger partial charge in [-0.3, -0.25) is 14.5 Å². The topological polar surface area (TPSA) is 91.8 Å². The van der Waals surface area contributed by atoms with E-state index in [0.29, 0.717) is 12.1 Å². The first kappa shape index (κ1) is 20.6. The van der Waals surface area contributed by atoms with Gasteiger partial charge in [0.25, 0.3) is 5.91 Å². The Bertz CT molecular complexity index is 1070. The maximum absolute atomic E-state index is 13.3. The number of ether oxygens (including phenoxy) is 1. The van der Waals surface area contributed by atoms with Gasteiger partial charge < -0.3 is 10.1 Å². The van der Waals surface area contributed by atoms with Crippen molar-refractivity contribution in [3.63, 3.8) is 0 Å². The summed E-state index contributed by atoms with van der Waals surface area (Å²) in [5.74, 6) is -1.17. The molecule has 2 fully saturated rings. The molecular weight excluding hydrogens is 417 g/mol. The van der Waals surface area contributed by atoms with Crippen LogP contribution in [0.3, 0.4) is 0 Å². The van der Waals surface area contributed by atoms with Gasteiger partial charge in [-0.05, 0) is 42.7 Å². The fourth-order valence-corrected chi connectivity index (χ4v) is 3.84. The third kappa shape index (κ3) is 3.56. The molecule has 8 nitrogen and oxygen atoms in total. The lowest BCUT2D eigenvalue weighted by Gasteiger charge is -2.22. The van der Waals surface area contributed by atoms with Crippen LogP contribution in [0.1, 0.15) is 20.3 Å². The molecule has 1 spiro atoms. The molecule has 11 heteroatoms. The summed E-state index contributed by atoms with van der Waals surface area (Å²) in [6, 6.07) is 6.91. The van der Waals surface area contributed by atoms with Gasteiger partial charge >= 0.3 is 12.4 Å². The number of urea groups is 1. The molecule has 0 bridgehead atoms. The third-order valence-corrected chi connectivity index (χ3v) is 5.26. The zero-order valence-corrected chi connectivity index (χ0v) is 16.4. The molecule has 1 saturated carbocycles. The van der Waals surface area contributed by atoms with E-state index < -0.39 is 29.6 Å². The van der Waals surface area contributed by atoms with Crippen molar-refractivity contribution in [1.29, 1.82) is 0 Å². The number of aromatic nitrogens is 1. The first-order chi connectivity index (χ1) is 14.5. The summed E-state index contributed by atoms with van der Waals surface area (Å²) in [7, 11) is 0. The Morgan fingerprint density at radius 3 is 2.39 bits per heavy atom. The lowest BCUT2D eigenvalue weighted by Crippen LogP contribution is -2.39. The van der Waals surface area contributed by atoms with Gasteiger partial charge in [0.1, 0.15) is 17.1 Å². The van der Waals surface area contributed by atoms with Gasteiger partial charge in [0, 0.05) is 19.2 Å². The number of pyridine rings is 1. The monoisotopic (exact) mass is 434 g/mol. The molecule has 0 radical (unpaired) electrons. The Kier molecular flexibility index (Phi) is 4.64. The third-order valence-electron chi connectivity index (χ3n) is 5.26. The highest BCUT2D eigenvalue weighted by Gasteiger charge is 2.70. The number of hydrogen-bond acceptors (Lipinski definition) is 5. The van der Waals surface area contributed by atoms with Crippen LogP contribution < -0.4 is 19.9 Å². The fourth-order valence-electron chi connectivity index (χ4n) is 3.84. The van der Waals surface area contributed by atoms with E-state index in [-0.39, 0.29) is 23.3 Å². The highest BCUT2D eigenvalue weighted by atomic mass is 19.4.